The number of nitrogen functional groups attached to an aromatic ring is 1. The minimum atomic E-state index is 0.200. The van der Waals surface area contributed by atoms with E-state index in [2.05, 4.69) is 11.9 Å². The molecule has 3 heteroatoms. The van der Waals surface area contributed by atoms with Crippen LogP contribution in [0.3, 0.4) is 0 Å². The van der Waals surface area contributed by atoms with Crippen molar-refractivity contribution < 1.29 is 4.74 Å². The second kappa shape index (κ2) is 4.56. The summed E-state index contributed by atoms with van der Waals surface area (Å²) >= 11 is 0. The Morgan fingerprint density at radius 1 is 1.57 bits per heavy atom. The lowest BCUT2D eigenvalue weighted by molar-refractivity contribution is 0.415. The Labute approximate surface area is 84.6 Å². The molecule has 0 saturated heterocycles. The molecule has 0 saturated carbocycles. The molecule has 0 amide bonds. The van der Waals surface area contributed by atoms with Gasteiger partial charge >= 0.3 is 0 Å². The summed E-state index contributed by atoms with van der Waals surface area (Å²) < 4.78 is 5.05. The maximum atomic E-state index is 5.82. The summed E-state index contributed by atoms with van der Waals surface area (Å²) in [5, 5.41) is 3.21. The summed E-state index contributed by atoms with van der Waals surface area (Å²) in [7, 11) is 1.62. The number of hydrogen-bond donors (Lipinski definition) is 2. The fourth-order valence-corrected chi connectivity index (χ4v) is 1.10. The molecule has 3 N–H and O–H groups in total. The van der Waals surface area contributed by atoms with Crippen molar-refractivity contribution in [2.75, 3.05) is 18.2 Å². The monoisotopic (exact) mass is 192 g/mol. The van der Waals surface area contributed by atoms with Gasteiger partial charge in [-0.3, -0.25) is 0 Å². The molecule has 0 heterocycles. The van der Waals surface area contributed by atoms with Crippen molar-refractivity contribution in [3.63, 3.8) is 0 Å². The van der Waals surface area contributed by atoms with Gasteiger partial charge in [-0.05, 0) is 19.1 Å². The number of nitrogens with one attached hydrogen (secondary N) is 1. The van der Waals surface area contributed by atoms with Crippen LogP contribution in [0.1, 0.15) is 6.92 Å². The van der Waals surface area contributed by atoms with Crippen LogP contribution in [0.25, 0.3) is 0 Å². The zero-order valence-electron chi connectivity index (χ0n) is 8.58. The van der Waals surface area contributed by atoms with E-state index in [0.29, 0.717) is 5.69 Å². The first-order valence-electron chi connectivity index (χ1n) is 4.50. The molecule has 1 atom stereocenters. The highest BCUT2D eigenvalue weighted by Gasteiger charge is 2.02. The Hall–Kier alpha value is -1.64. The third-order valence-corrected chi connectivity index (χ3v) is 2.00. The van der Waals surface area contributed by atoms with E-state index in [4.69, 9.17) is 10.5 Å². The van der Waals surface area contributed by atoms with Crippen LogP contribution in [0, 0.1) is 0 Å². The fourth-order valence-electron chi connectivity index (χ4n) is 1.10. The number of rotatable bonds is 4. The van der Waals surface area contributed by atoms with Gasteiger partial charge in [0.2, 0.25) is 0 Å². The Morgan fingerprint density at radius 2 is 2.29 bits per heavy atom. The number of anilines is 2. The van der Waals surface area contributed by atoms with Crippen molar-refractivity contribution in [3.8, 4) is 5.75 Å². The Morgan fingerprint density at radius 3 is 2.79 bits per heavy atom. The van der Waals surface area contributed by atoms with E-state index >= 15 is 0 Å². The molecule has 1 aromatic rings. The molecule has 0 aliphatic rings. The van der Waals surface area contributed by atoms with Gasteiger partial charge in [-0.25, -0.2) is 0 Å². The minimum Gasteiger partial charge on any atom is -0.497 e. The van der Waals surface area contributed by atoms with Gasteiger partial charge in [-0.15, -0.1) is 6.58 Å². The van der Waals surface area contributed by atoms with E-state index in [-0.39, 0.29) is 6.04 Å². The first-order chi connectivity index (χ1) is 6.67. The molecule has 0 aliphatic carbocycles. The number of hydrogen-bond acceptors (Lipinski definition) is 3. The highest BCUT2D eigenvalue weighted by Crippen LogP contribution is 2.24. The standard InChI is InChI=1S/C11H16N2O/c1-4-8(2)13-11-6-5-9(14-3)7-10(11)12/h4-8,13H,1,12H2,2-3H3. The second-order valence-corrected chi connectivity index (χ2v) is 3.12. The smallest absolute Gasteiger partial charge is 0.121 e. The van der Waals surface area contributed by atoms with Crippen LogP contribution in [0.2, 0.25) is 0 Å². The Bertz CT molecular complexity index is 323. The zero-order chi connectivity index (χ0) is 10.6. The number of ether oxygens (including phenoxy) is 1. The summed E-state index contributed by atoms with van der Waals surface area (Å²) in [6.45, 7) is 5.70. The molecule has 0 fully saturated rings. The van der Waals surface area contributed by atoms with Crippen LogP contribution in [-0.4, -0.2) is 13.2 Å². The molecule has 1 aromatic carbocycles. The molecule has 3 nitrogen and oxygen atoms in total. The van der Waals surface area contributed by atoms with Crippen molar-refractivity contribution in [3.05, 3.63) is 30.9 Å². The summed E-state index contributed by atoms with van der Waals surface area (Å²) in [6.07, 6.45) is 1.82. The summed E-state index contributed by atoms with van der Waals surface area (Å²) in [5.41, 5.74) is 7.40. The largest absolute Gasteiger partial charge is 0.497 e. The summed E-state index contributed by atoms with van der Waals surface area (Å²) in [5.74, 6) is 0.763. The lowest BCUT2D eigenvalue weighted by Crippen LogP contribution is -2.12. The van der Waals surface area contributed by atoms with E-state index in [1.165, 1.54) is 0 Å². The van der Waals surface area contributed by atoms with Crippen molar-refractivity contribution in [1.82, 2.24) is 0 Å². The third kappa shape index (κ3) is 2.42. The van der Waals surface area contributed by atoms with Crippen LogP contribution in [-0.2, 0) is 0 Å². The highest BCUT2D eigenvalue weighted by atomic mass is 16.5. The maximum absolute atomic E-state index is 5.82. The van der Waals surface area contributed by atoms with Gasteiger partial charge in [-0.1, -0.05) is 6.08 Å². The third-order valence-electron chi connectivity index (χ3n) is 2.00. The van der Waals surface area contributed by atoms with Gasteiger partial charge in [0.1, 0.15) is 5.75 Å². The average Bonchev–Trinajstić information content (AvgIpc) is 2.20. The zero-order valence-corrected chi connectivity index (χ0v) is 8.58. The van der Waals surface area contributed by atoms with E-state index < -0.39 is 0 Å². The van der Waals surface area contributed by atoms with Crippen molar-refractivity contribution >= 4 is 11.4 Å². The van der Waals surface area contributed by atoms with Gasteiger partial charge in [-0.2, -0.15) is 0 Å². The van der Waals surface area contributed by atoms with Gasteiger partial charge < -0.3 is 15.8 Å². The molecule has 0 aliphatic heterocycles. The van der Waals surface area contributed by atoms with Crippen LogP contribution in [0.4, 0.5) is 11.4 Å². The first-order valence-corrected chi connectivity index (χ1v) is 4.50. The molecular weight excluding hydrogens is 176 g/mol. The topological polar surface area (TPSA) is 47.3 Å². The number of nitrogens with two attached hydrogens (primary N) is 1. The second-order valence-electron chi connectivity index (χ2n) is 3.12. The number of benzene rings is 1. The average molecular weight is 192 g/mol. The van der Waals surface area contributed by atoms with Crippen LogP contribution in [0.15, 0.2) is 30.9 Å². The van der Waals surface area contributed by atoms with Crippen molar-refractivity contribution in [1.29, 1.82) is 0 Å². The molecule has 0 radical (unpaired) electrons. The van der Waals surface area contributed by atoms with Crippen LogP contribution < -0.4 is 15.8 Å². The maximum Gasteiger partial charge on any atom is 0.121 e. The summed E-state index contributed by atoms with van der Waals surface area (Å²) in [6, 6.07) is 5.76. The Balaban J connectivity index is 2.83. The van der Waals surface area contributed by atoms with Gasteiger partial charge in [0.15, 0.2) is 0 Å². The molecule has 1 unspecified atom stereocenters. The lowest BCUT2D eigenvalue weighted by atomic mass is 10.2. The molecule has 0 aromatic heterocycles. The molecule has 14 heavy (non-hydrogen) atoms. The van der Waals surface area contributed by atoms with E-state index in [0.717, 1.165) is 11.4 Å². The Kier molecular flexibility index (Phi) is 3.40. The predicted molar refractivity (Wildman–Crippen MR) is 60.7 cm³/mol. The molecule has 76 valence electrons. The van der Waals surface area contributed by atoms with Gasteiger partial charge in [0.25, 0.3) is 0 Å². The minimum absolute atomic E-state index is 0.200. The first kappa shape index (κ1) is 10.4. The van der Waals surface area contributed by atoms with E-state index in [1.54, 1.807) is 13.2 Å². The lowest BCUT2D eigenvalue weighted by Gasteiger charge is -2.13. The van der Waals surface area contributed by atoms with Crippen molar-refractivity contribution in [2.45, 2.75) is 13.0 Å². The highest BCUT2D eigenvalue weighted by molar-refractivity contribution is 5.68. The molecular formula is C11H16N2O. The van der Waals surface area contributed by atoms with Crippen LogP contribution in [0.5, 0.6) is 5.75 Å². The molecule has 0 bridgehead atoms. The molecule has 0 spiro atoms. The van der Waals surface area contributed by atoms with Gasteiger partial charge in [0, 0.05) is 12.1 Å². The van der Waals surface area contributed by atoms with Crippen molar-refractivity contribution in [2.24, 2.45) is 0 Å². The van der Waals surface area contributed by atoms with E-state index in [9.17, 15) is 0 Å². The quantitative estimate of drug-likeness (QED) is 0.568. The van der Waals surface area contributed by atoms with Crippen LogP contribution >= 0.6 is 0 Å². The van der Waals surface area contributed by atoms with E-state index in [1.807, 2.05) is 25.1 Å². The predicted octanol–water partition coefficient (Wildman–Crippen LogP) is 2.26. The van der Waals surface area contributed by atoms with Gasteiger partial charge in [0.05, 0.1) is 18.5 Å². The summed E-state index contributed by atoms with van der Waals surface area (Å²) in [4.78, 5) is 0. The number of methoxy groups -OCH3 is 1. The fraction of sp³-hybridized carbons (Fsp3) is 0.273. The normalized spacial score (nSPS) is 11.9. The molecule has 1 rings (SSSR count). The SMILES string of the molecule is C=CC(C)Nc1ccc(OC)cc1N.